The lowest BCUT2D eigenvalue weighted by molar-refractivity contribution is 0.406. The Labute approximate surface area is 137 Å². The van der Waals surface area contributed by atoms with Gasteiger partial charge in [-0.15, -0.1) is 0 Å². The van der Waals surface area contributed by atoms with Crippen LogP contribution in [0.2, 0.25) is 0 Å². The van der Waals surface area contributed by atoms with E-state index in [0.717, 1.165) is 35.1 Å². The van der Waals surface area contributed by atoms with Crippen molar-refractivity contribution in [2.45, 2.75) is 38.5 Å². The van der Waals surface area contributed by atoms with Gasteiger partial charge in [0.15, 0.2) is 5.96 Å². The molecule has 1 aliphatic heterocycles. The maximum atomic E-state index is 5.45. The molecule has 122 valence electrons. The maximum Gasteiger partial charge on any atom is 0.191 e. The molecule has 6 heteroatoms. The van der Waals surface area contributed by atoms with E-state index in [-0.39, 0.29) is 0 Å². The van der Waals surface area contributed by atoms with E-state index in [1.165, 1.54) is 18.6 Å². The minimum atomic E-state index is 0.639. The van der Waals surface area contributed by atoms with Gasteiger partial charge in [-0.2, -0.15) is 11.8 Å². The number of aryl methyl sites for hydroxylation is 1. The van der Waals surface area contributed by atoms with Gasteiger partial charge < -0.3 is 15.4 Å². The number of guanidine groups is 1. The number of hydrogen-bond acceptors (Lipinski definition) is 4. The molecule has 2 heterocycles. The summed E-state index contributed by atoms with van der Waals surface area (Å²) in [6.07, 6.45) is 4.48. The number of nitrogens with zero attached hydrogens (tertiary/aromatic N) is 2. The fourth-order valence-corrected chi connectivity index (χ4v) is 3.85. The van der Waals surface area contributed by atoms with Gasteiger partial charge in [0.1, 0.15) is 5.75 Å². The highest BCUT2D eigenvalue weighted by molar-refractivity contribution is 8.00. The number of aromatic nitrogens is 1. The van der Waals surface area contributed by atoms with Crippen molar-refractivity contribution in [1.82, 2.24) is 15.6 Å². The zero-order chi connectivity index (χ0) is 15.9. The van der Waals surface area contributed by atoms with E-state index in [2.05, 4.69) is 20.6 Å². The number of hydrogen-bond donors (Lipinski definition) is 2. The summed E-state index contributed by atoms with van der Waals surface area (Å²) in [5.74, 6) is 3.02. The number of ether oxygens (including phenoxy) is 1. The van der Waals surface area contributed by atoms with Crippen LogP contribution in [0.5, 0.6) is 5.75 Å². The molecule has 0 spiro atoms. The molecule has 0 saturated carbocycles. The smallest absolute Gasteiger partial charge is 0.191 e. The fraction of sp³-hybridized carbons (Fsp3) is 0.625. The zero-order valence-electron chi connectivity index (χ0n) is 13.9. The fourth-order valence-electron chi connectivity index (χ4n) is 2.65. The molecule has 0 aliphatic carbocycles. The second-order valence-electron chi connectivity index (χ2n) is 5.49. The molecule has 1 atom stereocenters. The third-order valence-corrected chi connectivity index (χ3v) is 5.32. The van der Waals surface area contributed by atoms with Crippen molar-refractivity contribution in [3.05, 3.63) is 23.0 Å². The Morgan fingerprint density at radius 1 is 1.45 bits per heavy atom. The van der Waals surface area contributed by atoms with E-state index >= 15 is 0 Å². The second kappa shape index (κ2) is 8.27. The van der Waals surface area contributed by atoms with Crippen LogP contribution in [0.3, 0.4) is 0 Å². The Bertz CT molecular complexity index is 527. The number of aliphatic imine (C=N–C) groups is 1. The minimum Gasteiger partial charge on any atom is -0.496 e. The number of thioether (sulfide) groups is 1. The van der Waals surface area contributed by atoms with Crippen molar-refractivity contribution in [2.24, 2.45) is 4.99 Å². The first-order chi connectivity index (χ1) is 10.7. The number of pyridine rings is 1. The number of rotatable bonds is 5. The molecule has 0 amide bonds. The molecule has 0 radical (unpaired) electrons. The van der Waals surface area contributed by atoms with Gasteiger partial charge in [0.2, 0.25) is 0 Å². The Kier molecular flexibility index (Phi) is 6.36. The zero-order valence-corrected chi connectivity index (χ0v) is 14.7. The molecule has 1 saturated heterocycles. The van der Waals surface area contributed by atoms with E-state index in [9.17, 15) is 0 Å². The van der Waals surface area contributed by atoms with Gasteiger partial charge in [-0.25, -0.2) is 0 Å². The summed E-state index contributed by atoms with van der Waals surface area (Å²) in [5, 5.41) is 7.44. The van der Waals surface area contributed by atoms with Crippen LogP contribution in [0.4, 0.5) is 0 Å². The van der Waals surface area contributed by atoms with Crippen molar-refractivity contribution >= 4 is 17.7 Å². The van der Waals surface area contributed by atoms with Crippen LogP contribution in [0.15, 0.2) is 11.2 Å². The SMILES string of the molecule is CN=C(NCc1ncc(C)c(OC)c1C)NCC1CCCS1. The molecule has 22 heavy (non-hydrogen) atoms. The third-order valence-electron chi connectivity index (χ3n) is 3.92. The predicted molar refractivity (Wildman–Crippen MR) is 93.9 cm³/mol. The third kappa shape index (κ3) is 4.29. The van der Waals surface area contributed by atoms with Crippen molar-refractivity contribution in [2.75, 3.05) is 26.5 Å². The lowest BCUT2D eigenvalue weighted by Crippen LogP contribution is -2.40. The largest absolute Gasteiger partial charge is 0.496 e. The van der Waals surface area contributed by atoms with E-state index < -0.39 is 0 Å². The van der Waals surface area contributed by atoms with Gasteiger partial charge in [-0.1, -0.05) is 0 Å². The lowest BCUT2D eigenvalue weighted by Gasteiger charge is -2.16. The highest BCUT2D eigenvalue weighted by Gasteiger charge is 2.16. The van der Waals surface area contributed by atoms with Crippen LogP contribution in [0.25, 0.3) is 0 Å². The average Bonchev–Trinajstić information content (AvgIpc) is 3.03. The van der Waals surface area contributed by atoms with Crippen molar-refractivity contribution in [3.63, 3.8) is 0 Å². The van der Waals surface area contributed by atoms with Crippen LogP contribution in [-0.4, -0.2) is 42.6 Å². The second-order valence-corrected chi connectivity index (χ2v) is 6.90. The maximum absolute atomic E-state index is 5.45. The molecular weight excluding hydrogens is 296 g/mol. The summed E-state index contributed by atoms with van der Waals surface area (Å²) in [7, 11) is 3.50. The minimum absolute atomic E-state index is 0.639. The van der Waals surface area contributed by atoms with Gasteiger partial charge in [-0.05, 0) is 32.4 Å². The molecule has 2 N–H and O–H groups in total. The van der Waals surface area contributed by atoms with E-state index in [1.807, 2.05) is 31.8 Å². The molecule has 2 rings (SSSR count). The monoisotopic (exact) mass is 322 g/mol. The highest BCUT2D eigenvalue weighted by atomic mass is 32.2. The molecule has 1 aromatic heterocycles. The van der Waals surface area contributed by atoms with Gasteiger partial charge in [0.05, 0.1) is 19.3 Å². The van der Waals surface area contributed by atoms with Crippen LogP contribution < -0.4 is 15.4 Å². The van der Waals surface area contributed by atoms with Gasteiger partial charge >= 0.3 is 0 Å². The predicted octanol–water partition coefficient (Wildman–Crippen LogP) is 2.27. The Morgan fingerprint density at radius 2 is 2.27 bits per heavy atom. The molecular formula is C16H26N4OS. The normalized spacial score (nSPS) is 18.4. The van der Waals surface area contributed by atoms with Crippen LogP contribution in [0.1, 0.15) is 29.7 Å². The standard InChI is InChI=1S/C16H26N4OS/c1-11-8-18-14(12(2)15(11)21-4)10-20-16(17-3)19-9-13-6-5-7-22-13/h8,13H,5-7,9-10H2,1-4H3,(H2,17,19,20). The first-order valence-corrected chi connectivity index (χ1v) is 8.75. The Morgan fingerprint density at radius 3 is 2.91 bits per heavy atom. The molecule has 1 aromatic rings. The molecule has 1 fully saturated rings. The summed E-state index contributed by atoms with van der Waals surface area (Å²) in [4.78, 5) is 8.78. The molecule has 1 unspecified atom stereocenters. The summed E-state index contributed by atoms with van der Waals surface area (Å²) < 4.78 is 5.45. The Balaban J connectivity index is 1.90. The van der Waals surface area contributed by atoms with Crippen molar-refractivity contribution < 1.29 is 4.74 Å². The summed E-state index contributed by atoms with van der Waals surface area (Å²) in [6, 6.07) is 0. The van der Waals surface area contributed by atoms with E-state index in [0.29, 0.717) is 11.8 Å². The highest BCUT2D eigenvalue weighted by Crippen LogP contribution is 2.25. The molecule has 0 aromatic carbocycles. The molecule has 1 aliphatic rings. The molecule has 5 nitrogen and oxygen atoms in total. The van der Waals surface area contributed by atoms with Crippen LogP contribution in [0, 0.1) is 13.8 Å². The topological polar surface area (TPSA) is 58.5 Å². The first kappa shape index (κ1) is 16.9. The van der Waals surface area contributed by atoms with Gasteiger partial charge in [0.25, 0.3) is 0 Å². The van der Waals surface area contributed by atoms with Gasteiger partial charge in [-0.3, -0.25) is 9.98 Å². The number of nitrogens with one attached hydrogen (secondary N) is 2. The number of methoxy groups -OCH3 is 1. The molecule has 0 bridgehead atoms. The van der Waals surface area contributed by atoms with Crippen LogP contribution in [-0.2, 0) is 6.54 Å². The summed E-state index contributed by atoms with van der Waals surface area (Å²) in [6.45, 7) is 5.66. The Hall–Kier alpha value is -1.43. The summed E-state index contributed by atoms with van der Waals surface area (Å²) >= 11 is 2.04. The van der Waals surface area contributed by atoms with Crippen molar-refractivity contribution in [1.29, 1.82) is 0 Å². The quantitative estimate of drug-likeness (QED) is 0.643. The first-order valence-electron chi connectivity index (χ1n) is 7.71. The lowest BCUT2D eigenvalue weighted by atomic mass is 10.1. The average molecular weight is 322 g/mol. The van der Waals surface area contributed by atoms with Crippen LogP contribution >= 0.6 is 11.8 Å². The summed E-state index contributed by atoms with van der Waals surface area (Å²) in [5.41, 5.74) is 3.13. The van der Waals surface area contributed by atoms with E-state index in [1.54, 1.807) is 14.2 Å². The van der Waals surface area contributed by atoms with E-state index in [4.69, 9.17) is 4.74 Å². The van der Waals surface area contributed by atoms with Crippen molar-refractivity contribution in [3.8, 4) is 5.75 Å². The van der Waals surface area contributed by atoms with Gasteiger partial charge in [0, 0.05) is 36.2 Å².